The van der Waals surface area contributed by atoms with E-state index in [2.05, 4.69) is 15.3 Å². The quantitative estimate of drug-likeness (QED) is 0.798. The summed E-state index contributed by atoms with van der Waals surface area (Å²) in [6.45, 7) is 0.525. The van der Waals surface area contributed by atoms with Crippen LogP contribution in [-0.4, -0.2) is 16.5 Å². The first-order valence-electron chi connectivity index (χ1n) is 6.71. The summed E-state index contributed by atoms with van der Waals surface area (Å²) in [5.41, 5.74) is 1.29. The van der Waals surface area contributed by atoms with Gasteiger partial charge in [0, 0.05) is 18.0 Å². The van der Waals surface area contributed by atoms with E-state index in [9.17, 15) is 13.2 Å². The highest BCUT2D eigenvalue weighted by atomic mass is 19.2. The number of hydrogen-bond acceptors (Lipinski definition) is 3. The SMILES string of the molecule is Fc1ccc(CCNc2ncnc3cc(F)c(F)cc23)cc1. The number of aromatic nitrogens is 2. The Labute approximate surface area is 124 Å². The van der Waals surface area contributed by atoms with Crippen molar-refractivity contribution in [3.63, 3.8) is 0 Å². The second-order valence-corrected chi connectivity index (χ2v) is 4.81. The van der Waals surface area contributed by atoms with E-state index in [-0.39, 0.29) is 5.82 Å². The number of rotatable bonds is 4. The first kappa shape index (κ1) is 14.3. The summed E-state index contributed by atoms with van der Waals surface area (Å²) in [7, 11) is 0. The molecule has 0 amide bonds. The van der Waals surface area contributed by atoms with Gasteiger partial charge in [-0.25, -0.2) is 23.1 Å². The molecule has 0 aliphatic carbocycles. The molecule has 3 rings (SSSR count). The van der Waals surface area contributed by atoms with Gasteiger partial charge in [-0.05, 0) is 30.2 Å². The van der Waals surface area contributed by atoms with Crippen molar-refractivity contribution in [2.24, 2.45) is 0 Å². The Kier molecular flexibility index (Phi) is 3.91. The van der Waals surface area contributed by atoms with Crippen LogP contribution in [0.2, 0.25) is 0 Å². The number of fused-ring (bicyclic) bond motifs is 1. The van der Waals surface area contributed by atoms with Crippen LogP contribution in [0.5, 0.6) is 0 Å². The van der Waals surface area contributed by atoms with E-state index in [1.807, 2.05) is 0 Å². The fraction of sp³-hybridized carbons (Fsp3) is 0.125. The Morgan fingerprint density at radius 1 is 0.909 bits per heavy atom. The molecule has 0 bridgehead atoms. The van der Waals surface area contributed by atoms with Crippen molar-refractivity contribution >= 4 is 16.7 Å². The van der Waals surface area contributed by atoms with Crippen LogP contribution < -0.4 is 5.32 Å². The maximum atomic E-state index is 13.4. The highest BCUT2D eigenvalue weighted by molar-refractivity contribution is 5.88. The minimum Gasteiger partial charge on any atom is -0.369 e. The summed E-state index contributed by atoms with van der Waals surface area (Å²) in [6, 6.07) is 8.30. The van der Waals surface area contributed by atoms with Crippen LogP contribution in [0.15, 0.2) is 42.7 Å². The van der Waals surface area contributed by atoms with Crippen molar-refractivity contribution in [2.75, 3.05) is 11.9 Å². The summed E-state index contributed by atoms with van der Waals surface area (Å²) in [6.07, 6.45) is 1.94. The van der Waals surface area contributed by atoms with Crippen LogP contribution >= 0.6 is 0 Å². The average Bonchev–Trinajstić information content (AvgIpc) is 2.51. The van der Waals surface area contributed by atoms with Gasteiger partial charge in [-0.2, -0.15) is 0 Å². The fourth-order valence-electron chi connectivity index (χ4n) is 2.17. The van der Waals surface area contributed by atoms with Crippen LogP contribution in [0.4, 0.5) is 19.0 Å². The van der Waals surface area contributed by atoms with Gasteiger partial charge in [0.1, 0.15) is 18.0 Å². The second kappa shape index (κ2) is 6.01. The number of anilines is 1. The van der Waals surface area contributed by atoms with Crippen LogP contribution in [0.1, 0.15) is 5.56 Å². The van der Waals surface area contributed by atoms with E-state index in [1.165, 1.54) is 18.5 Å². The molecule has 0 radical (unpaired) electrons. The Bertz CT molecular complexity index is 804. The molecule has 0 spiro atoms. The molecule has 0 aliphatic heterocycles. The molecule has 0 atom stereocenters. The van der Waals surface area contributed by atoms with Crippen molar-refractivity contribution in [1.29, 1.82) is 0 Å². The Morgan fingerprint density at radius 3 is 2.41 bits per heavy atom. The van der Waals surface area contributed by atoms with Gasteiger partial charge in [0.2, 0.25) is 0 Å². The molecule has 2 aromatic carbocycles. The molecule has 1 heterocycles. The van der Waals surface area contributed by atoms with Crippen molar-refractivity contribution < 1.29 is 13.2 Å². The molecule has 1 N–H and O–H groups in total. The predicted octanol–water partition coefficient (Wildman–Crippen LogP) is 3.70. The largest absolute Gasteiger partial charge is 0.369 e. The topological polar surface area (TPSA) is 37.8 Å². The maximum Gasteiger partial charge on any atom is 0.161 e. The van der Waals surface area contributed by atoms with Gasteiger partial charge in [-0.1, -0.05) is 12.1 Å². The molecule has 6 heteroatoms. The minimum absolute atomic E-state index is 0.281. The molecule has 0 aliphatic rings. The van der Waals surface area contributed by atoms with Crippen LogP contribution in [0.3, 0.4) is 0 Å². The van der Waals surface area contributed by atoms with Gasteiger partial charge in [-0.15, -0.1) is 0 Å². The Hall–Kier alpha value is -2.63. The van der Waals surface area contributed by atoms with E-state index in [4.69, 9.17) is 0 Å². The van der Waals surface area contributed by atoms with Gasteiger partial charge in [-0.3, -0.25) is 0 Å². The van der Waals surface area contributed by atoms with E-state index >= 15 is 0 Å². The zero-order chi connectivity index (χ0) is 15.5. The first-order chi connectivity index (χ1) is 10.6. The first-order valence-corrected chi connectivity index (χ1v) is 6.71. The summed E-state index contributed by atoms with van der Waals surface area (Å²) in [5, 5.41) is 3.48. The second-order valence-electron chi connectivity index (χ2n) is 4.81. The third-order valence-electron chi connectivity index (χ3n) is 3.30. The summed E-state index contributed by atoms with van der Waals surface area (Å²) in [4.78, 5) is 7.97. The van der Waals surface area contributed by atoms with Gasteiger partial charge < -0.3 is 5.32 Å². The Balaban J connectivity index is 1.76. The molecule has 0 saturated heterocycles. The molecule has 0 fully saturated rings. The molecule has 3 nitrogen and oxygen atoms in total. The van der Waals surface area contributed by atoms with E-state index < -0.39 is 11.6 Å². The molecule has 0 saturated carbocycles. The number of benzene rings is 2. The van der Waals surface area contributed by atoms with E-state index in [0.717, 1.165) is 17.7 Å². The van der Waals surface area contributed by atoms with Crippen molar-refractivity contribution in [1.82, 2.24) is 9.97 Å². The van der Waals surface area contributed by atoms with Crippen LogP contribution in [0.25, 0.3) is 10.9 Å². The molecule has 0 unspecified atom stereocenters. The average molecular weight is 303 g/mol. The highest BCUT2D eigenvalue weighted by Gasteiger charge is 2.09. The van der Waals surface area contributed by atoms with Crippen molar-refractivity contribution in [2.45, 2.75) is 6.42 Å². The van der Waals surface area contributed by atoms with Crippen LogP contribution in [0, 0.1) is 17.5 Å². The van der Waals surface area contributed by atoms with E-state index in [1.54, 1.807) is 12.1 Å². The van der Waals surface area contributed by atoms with Crippen LogP contribution in [-0.2, 0) is 6.42 Å². The molecule has 1 aromatic heterocycles. The third kappa shape index (κ3) is 3.00. The van der Waals surface area contributed by atoms with Gasteiger partial charge in [0.15, 0.2) is 11.6 Å². The fourth-order valence-corrected chi connectivity index (χ4v) is 2.17. The number of hydrogen-bond donors (Lipinski definition) is 1. The molecular formula is C16H12F3N3. The lowest BCUT2D eigenvalue weighted by molar-refractivity contribution is 0.510. The summed E-state index contributed by atoms with van der Waals surface area (Å²) < 4.78 is 39.4. The van der Waals surface area contributed by atoms with Gasteiger partial charge in [0.05, 0.1) is 5.52 Å². The lowest BCUT2D eigenvalue weighted by Gasteiger charge is -2.08. The standard InChI is InChI=1S/C16H12F3N3/c17-11-3-1-10(2-4-11)5-6-20-16-12-7-13(18)14(19)8-15(12)21-9-22-16/h1-4,7-9H,5-6H2,(H,20,21,22). The third-order valence-corrected chi connectivity index (χ3v) is 3.30. The van der Waals surface area contributed by atoms with Crippen molar-refractivity contribution in [3.8, 4) is 0 Å². The zero-order valence-corrected chi connectivity index (χ0v) is 11.5. The number of nitrogens with one attached hydrogen (secondary N) is 1. The normalized spacial score (nSPS) is 10.9. The number of nitrogens with zero attached hydrogens (tertiary/aromatic N) is 2. The van der Waals surface area contributed by atoms with Gasteiger partial charge in [0.25, 0.3) is 0 Å². The molecule has 112 valence electrons. The zero-order valence-electron chi connectivity index (χ0n) is 11.5. The maximum absolute atomic E-state index is 13.4. The van der Waals surface area contributed by atoms with Crippen molar-refractivity contribution in [3.05, 3.63) is 65.7 Å². The number of halogens is 3. The smallest absolute Gasteiger partial charge is 0.161 e. The summed E-state index contributed by atoms with van der Waals surface area (Å²) in [5.74, 6) is -1.73. The lowest BCUT2D eigenvalue weighted by Crippen LogP contribution is -2.07. The van der Waals surface area contributed by atoms with Gasteiger partial charge >= 0.3 is 0 Å². The highest BCUT2D eigenvalue weighted by Crippen LogP contribution is 2.22. The predicted molar refractivity (Wildman–Crippen MR) is 78.0 cm³/mol. The minimum atomic E-state index is -0.941. The molecular weight excluding hydrogens is 291 g/mol. The monoisotopic (exact) mass is 303 g/mol. The summed E-state index contributed by atoms with van der Waals surface area (Å²) >= 11 is 0. The lowest BCUT2D eigenvalue weighted by atomic mass is 10.1. The molecule has 22 heavy (non-hydrogen) atoms. The Morgan fingerprint density at radius 2 is 1.64 bits per heavy atom. The molecule has 3 aromatic rings. The van der Waals surface area contributed by atoms with E-state index in [0.29, 0.717) is 29.7 Å².